The molecule has 0 aromatic heterocycles. The molecule has 0 spiro atoms. The minimum Gasteiger partial charge on any atom is -0.377 e. The van der Waals surface area contributed by atoms with E-state index in [1.807, 2.05) is 12.1 Å². The summed E-state index contributed by atoms with van der Waals surface area (Å²) < 4.78 is 0. The topological polar surface area (TPSA) is 58.4 Å². The summed E-state index contributed by atoms with van der Waals surface area (Å²) in [4.78, 5) is 14.0. The lowest BCUT2D eigenvalue weighted by molar-refractivity contribution is -0.384. The summed E-state index contributed by atoms with van der Waals surface area (Å²) in [6, 6.07) is 9.60. The minimum atomic E-state index is -0.265. The van der Waals surface area contributed by atoms with Gasteiger partial charge in [0.25, 0.3) is 5.69 Å². The number of nitro groups is 1. The van der Waals surface area contributed by atoms with Gasteiger partial charge in [-0.05, 0) is 62.8 Å². The van der Waals surface area contributed by atoms with E-state index in [0.29, 0.717) is 23.8 Å². The van der Waals surface area contributed by atoms with Gasteiger partial charge in [-0.25, -0.2) is 0 Å². The first-order chi connectivity index (χ1) is 13.7. The molecule has 5 nitrogen and oxygen atoms in total. The monoisotopic (exact) mass is 383 g/mol. The van der Waals surface area contributed by atoms with Gasteiger partial charge in [0.1, 0.15) is 5.69 Å². The Balaban J connectivity index is 1.30. The highest BCUT2D eigenvalue weighted by Gasteiger charge is 2.44. The molecule has 5 atom stereocenters. The average molecular weight is 384 g/mol. The van der Waals surface area contributed by atoms with Gasteiger partial charge in [-0.1, -0.05) is 37.8 Å². The fourth-order valence-corrected chi connectivity index (χ4v) is 7.05. The van der Waals surface area contributed by atoms with E-state index >= 15 is 0 Å². The standard InChI is InChI=1S/C23H33N3O2/c27-26(28)23-10-2-1-9-22(23)24-18-14-19-7-4-8-20(15-18)25(19)21-12-16-5-3-6-17(11-16)13-21/h1-2,9-10,16-21,24H,3-8,11-15H2/t16?,17?,18?,19-,20+,21?. The van der Waals surface area contributed by atoms with Crippen LogP contribution in [0.3, 0.4) is 0 Å². The van der Waals surface area contributed by atoms with E-state index in [1.54, 1.807) is 12.1 Å². The van der Waals surface area contributed by atoms with Crippen LogP contribution in [0.2, 0.25) is 0 Å². The van der Waals surface area contributed by atoms with Gasteiger partial charge >= 0.3 is 0 Å². The zero-order valence-corrected chi connectivity index (χ0v) is 16.8. The third kappa shape index (κ3) is 3.54. The molecule has 4 aliphatic rings. The Morgan fingerprint density at radius 2 is 1.50 bits per heavy atom. The Morgan fingerprint density at radius 3 is 2.18 bits per heavy atom. The highest BCUT2D eigenvalue weighted by atomic mass is 16.6. The number of benzene rings is 1. The number of anilines is 1. The van der Waals surface area contributed by atoms with Crippen molar-refractivity contribution in [3.63, 3.8) is 0 Å². The largest absolute Gasteiger partial charge is 0.377 e. The summed E-state index contributed by atoms with van der Waals surface area (Å²) in [5, 5.41) is 14.9. The van der Waals surface area contributed by atoms with Gasteiger partial charge in [0, 0.05) is 30.2 Å². The Bertz CT molecular complexity index is 698. The second-order valence-corrected chi connectivity index (χ2v) is 9.80. The molecule has 152 valence electrons. The van der Waals surface area contributed by atoms with Crippen molar-refractivity contribution < 1.29 is 4.92 Å². The maximum Gasteiger partial charge on any atom is 0.292 e. The first-order valence-corrected chi connectivity index (χ1v) is 11.4. The smallest absolute Gasteiger partial charge is 0.292 e. The summed E-state index contributed by atoms with van der Waals surface area (Å²) in [6.45, 7) is 0. The van der Waals surface area contributed by atoms with Crippen molar-refractivity contribution in [3.05, 3.63) is 34.4 Å². The molecule has 4 bridgehead atoms. The van der Waals surface area contributed by atoms with Crippen LogP contribution < -0.4 is 5.32 Å². The highest BCUT2D eigenvalue weighted by molar-refractivity contribution is 5.61. The van der Waals surface area contributed by atoms with Gasteiger partial charge in [0.2, 0.25) is 0 Å². The fourth-order valence-electron chi connectivity index (χ4n) is 7.05. The quantitative estimate of drug-likeness (QED) is 0.561. The molecule has 3 unspecified atom stereocenters. The number of nitro benzene ring substituents is 1. The molecule has 0 amide bonds. The molecule has 2 aliphatic heterocycles. The highest BCUT2D eigenvalue weighted by Crippen LogP contribution is 2.46. The van der Waals surface area contributed by atoms with Gasteiger partial charge in [0.05, 0.1) is 4.92 Å². The zero-order valence-electron chi connectivity index (χ0n) is 16.8. The van der Waals surface area contributed by atoms with E-state index in [-0.39, 0.29) is 10.6 Å². The van der Waals surface area contributed by atoms with Crippen LogP contribution in [-0.2, 0) is 0 Å². The zero-order chi connectivity index (χ0) is 19.1. The van der Waals surface area contributed by atoms with Gasteiger partial charge < -0.3 is 5.32 Å². The second kappa shape index (κ2) is 7.66. The molecule has 1 aromatic carbocycles. The molecule has 28 heavy (non-hydrogen) atoms. The molecule has 4 fully saturated rings. The lowest BCUT2D eigenvalue weighted by atomic mass is 9.68. The maximum absolute atomic E-state index is 11.4. The van der Waals surface area contributed by atoms with E-state index in [2.05, 4.69) is 10.2 Å². The Kier molecular flexibility index (Phi) is 5.04. The van der Waals surface area contributed by atoms with E-state index < -0.39 is 0 Å². The maximum atomic E-state index is 11.4. The predicted molar refractivity (Wildman–Crippen MR) is 111 cm³/mol. The average Bonchev–Trinajstić information content (AvgIpc) is 2.67. The number of piperidine rings is 2. The van der Waals surface area contributed by atoms with Crippen LogP contribution in [0.15, 0.2) is 24.3 Å². The summed E-state index contributed by atoms with van der Waals surface area (Å²) in [7, 11) is 0. The van der Waals surface area contributed by atoms with Crippen LogP contribution in [0.1, 0.15) is 70.6 Å². The summed E-state index contributed by atoms with van der Waals surface area (Å²) in [5.74, 6) is 1.95. The van der Waals surface area contributed by atoms with Gasteiger partial charge in [0.15, 0.2) is 0 Å². The Hall–Kier alpha value is -1.62. The molecular weight excluding hydrogens is 350 g/mol. The van der Waals surface area contributed by atoms with Crippen LogP contribution in [0.5, 0.6) is 0 Å². The first-order valence-electron chi connectivity index (χ1n) is 11.4. The van der Waals surface area contributed by atoms with Gasteiger partial charge in [-0.3, -0.25) is 15.0 Å². The number of nitrogens with zero attached hydrogens (tertiary/aromatic N) is 2. The fraction of sp³-hybridized carbons (Fsp3) is 0.739. The lowest BCUT2D eigenvalue weighted by Crippen LogP contribution is -2.60. The van der Waals surface area contributed by atoms with Crippen molar-refractivity contribution >= 4 is 11.4 Å². The summed E-state index contributed by atoms with van der Waals surface area (Å²) >= 11 is 0. The minimum absolute atomic E-state index is 0.204. The van der Waals surface area contributed by atoms with E-state index in [1.165, 1.54) is 57.8 Å². The number of hydrogen-bond donors (Lipinski definition) is 1. The molecule has 5 rings (SSSR count). The van der Waals surface area contributed by atoms with Crippen LogP contribution in [0.25, 0.3) is 0 Å². The molecule has 0 radical (unpaired) electrons. The van der Waals surface area contributed by atoms with Crippen LogP contribution in [-0.4, -0.2) is 34.0 Å². The Morgan fingerprint density at radius 1 is 0.857 bits per heavy atom. The number of rotatable bonds is 4. The Labute approximate surface area is 168 Å². The van der Waals surface area contributed by atoms with Crippen LogP contribution >= 0.6 is 0 Å². The van der Waals surface area contributed by atoms with Crippen molar-refractivity contribution in [3.8, 4) is 0 Å². The molecule has 2 heterocycles. The molecule has 2 saturated heterocycles. The molecule has 1 N–H and O–H groups in total. The van der Waals surface area contributed by atoms with Gasteiger partial charge in [-0.15, -0.1) is 0 Å². The summed E-state index contributed by atoms with van der Waals surface area (Å²) in [6.07, 6.45) is 14.9. The normalized spacial score (nSPS) is 38.0. The molecule has 5 heteroatoms. The van der Waals surface area contributed by atoms with Crippen LogP contribution in [0, 0.1) is 22.0 Å². The van der Waals surface area contributed by atoms with E-state index in [4.69, 9.17) is 0 Å². The van der Waals surface area contributed by atoms with Crippen molar-refractivity contribution in [1.82, 2.24) is 4.90 Å². The number of hydrogen-bond acceptors (Lipinski definition) is 4. The molecular formula is C23H33N3O2. The molecule has 1 aromatic rings. The third-order valence-corrected chi connectivity index (χ3v) is 8.02. The summed E-state index contributed by atoms with van der Waals surface area (Å²) in [5.41, 5.74) is 0.895. The second-order valence-electron chi connectivity index (χ2n) is 9.80. The number of para-hydroxylation sites is 2. The van der Waals surface area contributed by atoms with E-state index in [0.717, 1.165) is 30.7 Å². The lowest BCUT2D eigenvalue weighted by Gasteiger charge is -2.55. The van der Waals surface area contributed by atoms with Crippen molar-refractivity contribution in [1.29, 1.82) is 0 Å². The van der Waals surface area contributed by atoms with Crippen molar-refractivity contribution in [2.75, 3.05) is 5.32 Å². The van der Waals surface area contributed by atoms with Crippen LogP contribution in [0.4, 0.5) is 11.4 Å². The van der Waals surface area contributed by atoms with Crippen molar-refractivity contribution in [2.24, 2.45) is 11.8 Å². The number of nitrogens with one attached hydrogen (secondary N) is 1. The predicted octanol–water partition coefficient (Wildman–Crippen LogP) is 5.36. The molecule has 2 saturated carbocycles. The van der Waals surface area contributed by atoms with Crippen molar-refractivity contribution in [2.45, 2.75) is 94.8 Å². The van der Waals surface area contributed by atoms with Gasteiger partial charge in [-0.2, -0.15) is 0 Å². The number of fused-ring (bicyclic) bond motifs is 4. The SMILES string of the molecule is O=[N+]([O-])c1ccccc1NC1C[C@H]2CCC[C@@H](C1)N2C1CC2CCCC(C2)C1. The van der Waals surface area contributed by atoms with E-state index in [9.17, 15) is 10.1 Å². The third-order valence-electron chi connectivity index (χ3n) is 8.02. The molecule has 2 aliphatic carbocycles. The first kappa shape index (κ1) is 18.4.